The number of rotatable bonds is 8. The highest BCUT2D eigenvalue weighted by Gasteiger charge is 2.32. The van der Waals surface area contributed by atoms with Crippen molar-refractivity contribution < 1.29 is 9.59 Å². The van der Waals surface area contributed by atoms with Crippen molar-refractivity contribution in [2.75, 3.05) is 13.1 Å². The molecule has 34 heavy (non-hydrogen) atoms. The molecule has 0 radical (unpaired) electrons. The smallest absolute Gasteiger partial charge is 0.262 e. The average Bonchev–Trinajstić information content (AvgIpc) is 2.87. The van der Waals surface area contributed by atoms with E-state index in [4.69, 9.17) is 10.7 Å². The van der Waals surface area contributed by atoms with E-state index >= 15 is 0 Å². The van der Waals surface area contributed by atoms with Crippen LogP contribution in [-0.2, 0) is 9.59 Å². The van der Waals surface area contributed by atoms with Gasteiger partial charge in [0.2, 0.25) is 11.8 Å². The molecule has 1 aromatic carbocycles. The molecule has 182 valence electrons. The third-order valence-electron chi connectivity index (χ3n) is 6.93. The number of likely N-dealkylation sites (tertiary alicyclic amines) is 1. The van der Waals surface area contributed by atoms with Crippen LogP contribution < -0.4 is 11.3 Å². The highest BCUT2D eigenvalue weighted by atomic mass is 32.2. The van der Waals surface area contributed by atoms with Crippen LogP contribution in [0.1, 0.15) is 64.3 Å². The molecule has 0 spiro atoms. The van der Waals surface area contributed by atoms with Crippen LogP contribution in [0, 0.1) is 5.92 Å². The third-order valence-corrected chi connectivity index (χ3v) is 8.15. The fraction of sp³-hybridized carbons (Fsp3) is 0.538. The summed E-state index contributed by atoms with van der Waals surface area (Å²) < 4.78 is 1.84. The Kier molecular flexibility index (Phi) is 8.08. The first-order valence-corrected chi connectivity index (χ1v) is 13.3. The first-order valence-electron chi connectivity index (χ1n) is 12.4. The Bertz CT molecular complexity index is 1120. The second-order valence-electron chi connectivity index (χ2n) is 9.28. The van der Waals surface area contributed by atoms with Crippen LogP contribution >= 0.6 is 11.8 Å². The van der Waals surface area contributed by atoms with Crippen LogP contribution in [0.2, 0.25) is 0 Å². The lowest BCUT2D eigenvalue weighted by Crippen LogP contribution is -2.45. The number of benzene rings is 1. The largest absolute Gasteiger partial charge is 0.369 e. The summed E-state index contributed by atoms with van der Waals surface area (Å²) in [5.41, 5.74) is 6.11. The Morgan fingerprint density at radius 1 is 1.18 bits per heavy atom. The molecule has 1 aliphatic heterocycles. The summed E-state index contributed by atoms with van der Waals surface area (Å²) in [6, 6.07) is 7.50. The van der Waals surface area contributed by atoms with Gasteiger partial charge in [-0.1, -0.05) is 55.8 Å². The SMILES string of the molecule is CCCCC(Sc1nc2ccccc2c(=O)n1C1CC=CCC1)C(=O)N1CCC(C(N)=O)CC1. The maximum atomic E-state index is 13.6. The number of nitrogens with two attached hydrogens (primary N) is 1. The number of aromatic nitrogens is 2. The Labute approximate surface area is 204 Å². The predicted molar refractivity (Wildman–Crippen MR) is 136 cm³/mol. The second kappa shape index (κ2) is 11.2. The summed E-state index contributed by atoms with van der Waals surface area (Å²) in [7, 11) is 0. The molecule has 2 N–H and O–H groups in total. The zero-order valence-corrected chi connectivity index (χ0v) is 20.6. The van der Waals surface area contributed by atoms with E-state index in [1.807, 2.05) is 33.7 Å². The quantitative estimate of drug-likeness (QED) is 0.348. The van der Waals surface area contributed by atoms with Gasteiger partial charge in [-0.2, -0.15) is 0 Å². The molecule has 0 bridgehead atoms. The summed E-state index contributed by atoms with van der Waals surface area (Å²) in [6.07, 6.45) is 10.8. The molecule has 1 fully saturated rings. The lowest BCUT2D eigenvalue weighted by molar-refractivity contribution is -0.134. The molecule has 2 amide bonds. The van der Waals surface area contributed by atoms with Gasteiger partial charge in [0, 0.05) is 25.0 Å². The van der Waals surface area contributed by atoms with Crippen molar-refractivity contribution >= 4 is 34.5 Å². The van der Waals surface area contributed by atoms with Gasteiger partial charge in [0.15, 0.2) is 5.16 Å². The van der Waals surface area contributed by atoms with Crippen molar-refractivity contribution in [3.63, 3.8) is 0 Å². The number of para-hydroxylation sites is 1. The van der Waals surface area contributed by atoms with Gasteiger partial charge in [-0.15, -0.1) is 0 Å². The van der Waals surface area contributed by atoms with E-state index in [0.717, 1.165) is 38.5 Å². The highest BCUT2D eigenvalue weighted by Crippen LogP contribution is 2.33. The molecule has 7 nitrogen and oxygen atoms in total. The number of amides is 2. The van der Waals surface area contributed by atoms with Gasteiger partial charge in [-0.3, -0.25) is 19.0 Å². The van der Waals surface area contributed by atoms with E-state index in [1.54, 1.807) is 0 Å². The lowest BCUT2D eigenvalue weighted by atomic mass is 9.96. The maximum Gasteiger partial charge on any atom is 0.262 e. The number of hydrogen-bond acceptors (Lipinski definition) is 5. The van der Waals surface area contributed by atoms with Crippen LogP contribution in [0.3, 0.4) is 0 Å². The molecular weight excluding hydrogens is 448 g/mol. The average molecular weight is 483 g/mol. The van der Waals surface area contributed by atoms with Gasteiger partial charge in [0.25, 0.3) is 5.56 Å². The molecule has 2 atom stereocenters. The summed E-state index contributed by atoms with van der Waals surface area (Å²) >= 11 is 1.43. The number of thioether (sulfide) groups is 1. The summed E-state index contributed by atoms with van der Waals surface area (Å²) in [6.45, 7) is 3.20. The van der Waals surface area contributed by atoms with Crippen molar-refractivity contribution in [3.05, 3.63) is 46.8 Å². The summed E-state index contributed by atoms with van der Waals surface area (Å²) in [5.74, 6) is -0.369. The van der Waals surface area contributed by atoms with Crippen LogP contribution in [0.4, 0.5) is 0 Å². The summed E-state index contributed by atoms with van der Waals surface area (Å²) in [4.78, 5) is 45.4. The van der Waals surface area contributed by atoms with Crippen LogP contribution in [0.5, 0.6) is 0 Å². The number of hydrogen-bond donors (Lipinski definition) is 1. The number of primary amides is 1. The predicted octanol–water partition coefficient (Wildman–Crippen LogP) is 4.05. The molecule has 4 rings (SSSR count). The molecule has 2 heterocycles. The number of carbonyl (C=O) groups excluding carboxylic acids is 2. The van der Waals surface area contributed by atoms with E-state index in [-0.39, 0.29) is 34.6 Å². The Morgan fingerprint density at radius 2 is 1.94 bits per heavy atom. The van der Waals surface area contributed by atoms with Crippen molar-refractivity contribution in [1.82, 2.24) is 14.5 Å². The van der Waals surface area contributed by atoms with Gasteiger partial charge >= 0.3 is 0 Å². The van der Waals surface area contributed by atoms with E-state index in [1.165, 1.54) is 11.8 Å². The minimum absolute atomic E-state index is 0.0302. The molecule has 0 saturated carbocycles. The van der Waals surface area contributed by atoms with Gasteiger partial charge in [-0.25, -0.2) is 4.98 Å². The zero-order chi connectivity index (χ0) is 24.1. The van der Waals surface area contributed by atoms with Gasteiger partial charge in [-0.05, 0) is 50.7 Å². The van der Waals surface area contributed by atoms with Crippen LogP contribution in [0.15, 0.2) is 46.4 Å². The van der Waals surface area contributed by atoms with Crippen molar-refractivity contribution in [2.45, 2.75) is 74.7 Å². The van der Waals surface area contributed by atoms with E-state index in [2.05, 4.69) is 19.1 Å². The van der Waals surface area contributed by atoms with Crippen LogP contribution in [-0.4, -0.2) is 44.6 Å². The summed E-state index contributed by atoms with van der Waals surface area (Å²) in [5, 5.41) is 0.931. The minimum atomic E-state index is -0.316. The number of carbonyl (C=O) groups is 2. The molecule has 2 aromatic rings. The minimum Gasteiger partial charge on any atom is -0.369 e. The first-order chi connectivity index (χ1) is 16.5. The fourth-order valence-corrected chi connectivity index (χ4v) is 6.17. The monoisotopic (exact) mass is 482 g/mol. The van der Waals surface area contributed by atoms with Crippen molar-refractivity contribution in [2.24, 2.45) is 11.7 Å². The molecule has 1 saturated heterocycles. The number of piperidine rings is 1. The molecule has 1 aliphatic carbocycles. The number of allylic oxidation sites excluding steroid dienone is 2. The Balaban J connectivity index is 1.65. The standard InChI is InChI=1S/C26H34N4O3S/c1-2-3-13-22(25(33)29-16-14-18(15-17-29)23(27)31)34-26-28-21-12-8-7-11-20(21)24(32)30(26)19-9-5-4-6-10-19/h4-5,7-8,11-12,18-19,22H,2-3,6,9-10,13-17H2,1H3,(H2,27,31). The number of nitrogens with zero attached hydrogens (tertiary/aromatic N) is 3. The lowest BCUT2D eigenvalue weighted by Gasteiger charge is -2.33. The molecule has 2 aliphatic rings. The number of fused-ring (bicyclic) bond motifs is 1. The fourth-order valence-electron chi connectivity index (χ4n) is 4.88. The third kappa shape index (κ3) is 5.37. The topological polar surface area (TPSA) is 98.3 Å². The molecule has 2 unspecified atom stereocenters. The van der Waals surface area contributed by atoms with E-state index < -0.39 is 0 Å². The van der Waals surface area contributed by atoms with E-state index in [9.17, 15) is 14.4 Å². The zero-order valence-electron chi connectivity index (χ0n) is 19.8. The van der Waals surface area contributed by atoms with Gasteiger partial charge in [0.05, 0.1) is 16.2 Å². The first kappa shape index (κ1) is 24.5. The maximum absolute atomic E-state index is 13.6. The highest BCUT2D eigenvalue weighted by molar-refractivity contribution is 8.00. The second-order valence-corrected chi connectivity index (χ2v) is 10.4. The Hall–Kier alpha value is -2.61. The van der Waals surface area contributed by atoms with Crippen LogP contribution in [0.25, 0.3) is 10.9 Å². The Morgan fingerprint density at radius 3 is 2.62 bits per heavy atom. The molecule has 1 aromatic heterocycles. The van der Waals surface area contributed by atoms with Crippen molar-refractivity contribution in [3.8, 4) is 0 Å². The van der Waals surface area contributed by atoms with Gasteiger partial charge in [0.1, 0.15) is 0 Å². The van der Waals surface area contributed by atoms with Crippen molar-refractivity contribution in [1.29, 1.82) is 0 Å². The van der Waals surface area contributed by atoms with Gasteiger partial charge < -0.3 is 10.6 Å². The number of unbranched alkanes of at least 4 members (excludes halogenated alkanes) is 1. The molecule has 8 heteroatoms. The van der Waals surface area contributed by atoms with E-state index in [0.29, 0.717) is 42.0 Å². The molecular formula is C26H34N4O3S. The normalized spacial score (nSPS) is 19.9.